The molecule has 0 bridgehead atoms. The molecule has 3 rings (SSSR count). The molecule has 3 aromatic rings. The monoisotopic (exact) mass is 299 g/mol. The van der Waals surface area contributed by atoms with Gasteiger partial charge in [0.1, 0.15) is 0 Å². The average molecular weight is 299 g/mol. The lowest BCUT2D eigenvalue weighted by atomic mass is 10.2. The molecule has 21 heavy (non-hydrogen) atoms. The van der Waals surface area contributed by atoms with Gasteiger partial charge in [-0.05, 0) is 19.1 Å². The molecule has 0 aliphatic heterocycles. The van der Waals surface area contributed by atoms with E-state index in [4.69, 9.17) is 4.42 Å². The van der Waals surface area contributed by atoms with Crippen molar-refractivity contribution in [3.63, 3.8) is 0 Å². The van der Waals surface area contributed by atoms with Gasteiger partial charge in [-0.25, -0.2) is 0 Å². The van der Waals surface area contributed by atoms with Crippen LogP contribution in [0.2, 0.25) is 0 Å². The minimum Gasteiger partial charge on any atom is -0.462 e. The summed E-state index contributed by atoms with van der Waals surface area (Å²) in [4.78, 5) is 0.167. The maximum atomic E-state index is 12.1. The van der Waals surface area contributed by atoms with Crippen molar-refractivity contribution in [3.05, 3.63) is 66.1 Å². The maximum absolute atomic E-state index is 12.1. The Morgan fingerprint density at radius 3 is 2.52 bits per heavy atom. The minimum absolute atomic E-state index is 0.167. The molecule has 0 saturated heterocycles. The SMILES string of the molecule is Cc1ccc(S(=O)(=O)/N=C\c2occ3ccccc23)cc1. The van der Waals surface area contributed by atoms with Gasteiger partial charge in [-0.3, -0.25) is 0 Å². The van der Waals surface area contributed by atoms with Gasteiger partial charge in [0, 0.05) is 10.8 Å². The third-order valence-corrected chi connectivity index (χ3v) is 4.42. The van der Waals surface area contributed by atoms with Crippen molar-refractivity contribution in [2.45, 2.75) is 11.8 Å². The van der Waals surface area contributed by atoms with Gasteiger partial charge in [0.15, 0.2) is 5.76 Å². The van der Waals surface area contributed by atoms with E-state index in [9.17, 15) is 8.42 Å². The Kier molecular flexibility index (Phi) is 3.35. The summed E-state index contributed by atoms with van der Waals surface area (Å²) in [5.41, 5.74) is 0.995. The highest BCUT2D eigenvalue weighted by atomic mass is 32.2. The van der Waals surface area contributed by atoms with E-state index < -0.39 is 10.0 Å². The number of aryl methyl sites for hydroxylation is 1. The van der Waals surface area contributed by atoms with Crippen molar-refractivity contribution in [2.24, 2.45) is 4.40 Å². The van der Waals surface area contributed by atoms with Gasteiger partial charge < -0.3 is 4.42 Å². The number of fused-ring (bicyclic) bond motifs is 1. The van der Waals surface area contributed by atoms with Crippen LogP contribution in [0.15, 0.2) is 68.5 Å². The van der Waals surface area contributed by atoms with Crippen LogP contribution in [0.4, 0.5) is 0 Å². The van der Waals surface area contributed by atoms with Gasteiger partial charge in [0.05, 0.1) is 17.4 Å². The van der Waals surface area contributed by atoms with Crippen molar-refractivity contribution in [1.82, 2.24) is 0 Å². The standard InChI is InChI=1S/C16H13NO3S/c1-12-6-8-14(9-7-12)21(18,19)17-10-16-15-5-3-2-4-13(15)11-20-16/h2-11H,1H3/b17-10-. The second-order valence-corrected chi connectivity index (χ2v) is 6.34. The highest BCUT2D eigenvalue weighted by Crippen LogP contribution is 2.20. The van der Waals surface area contributed by atoms with Gasteiger partial charge in [-0.2, -0.15) is 12.8 Å². The number of rotatable bonds is 3. The molecule has 5 heteroatoms. The molecule has 4 nitrogen and oxygen atoms in total. The van der Waals surface area contributed by atoms with Crippen molar-refractivity contribution >= 4 is 27.0 Å². The molecule has 0 saturated carbocycles. The van der Waals surface area contributed by atoms with E-state index in [1.807, 2.05) is 31.2 Å². The summed E-state index contributed by atoms with van der Waals surface area (Å²) >= 11 is 0. The lowest BCUT2D eigenvalue weighted by molar-refractivity contribution is 0.565. The molecule has 0 fully saturated rings. The van der Waals surface area contributed by atoms with Crippen molar-refractivity contribution in [2.75, 3.05) is 0 Å². The molecular weight excluding hydrogens is 286 g/mol. The average Bonchev–Trinajstić information content (AvgIpc) is 2.89. The molecule has 106 valence electrons. The molecule has 1 heterocycles. The van der Waals surface area contributed by atoms with E-state index in [1.54, 1.807) is 30.5 Å². The van der Waals surface area contributed by atoms with Crippen LogP contribution in [0.25, 0.3) is 10.8 Å². The fraction of sp³-hybridized carbons (Fsp3) is 0.0625. The van der Waals surface area contributed by atoms with Gasteiger partial charge in [-0.15, -0.1) is 0 Å². The predicted octanol–water partition coefficient (Wildman–Crippen LogP) is 3.55. The zero-order chi connectivity index (χ0) is 14.9. The van der Waals surface area contributed by atoms with Crippen LogP contribution < -0.4 is 0 Å². The first-order valence-corrected chi connectivity index (χ1v) is 7.83. The van der Waals surface area contributed by atoms with Crippen LogP contribution in [-0.2, 0) is 10.0 Å². The Balaban J connectivity index is 1.96. The number of sulfonamides is 1. The summed E-state index contributed by atoms with van der Waals surface area (Å²) in [6.45, 7) is 1.90. The van der Waals surface area contributed by atoms with E-state index in [2.05, 4.69) is 4.40 Å². The molecule has 1 aromatic heterocycles. The Bertz CT molecular complexity index is 906. The van der Waals surface area contributed by atoms with Crippen LogP contribution in [0.3, 0.4) is 0 Å². The van der Waals surface area contributed by atoms with Crippen molar-refractivity contribution in [3.8, 4) is 0 Å². The third-order valence-electron chi connectivity index (χ3n) is 3.17. The van der Waals surface area contributed by atoms with Crippen LogP contribution in [0.1, 0.15) is 11.3 Å². The Labute approximate surface area is 122 Å². The van der Waals surface area contributed by atoms with E-state index >= 15 is 0 Å². The van der Waals surface area contributed by atoms with E-state index in [0.29, 0.717) is 5.76 Å². The molecule has 0 amide bonds. The zero-order valence-corrected chi connectivity index (χ0v) is 12.2. The number of benzene rings is 2. The van der Waals surface area contributed by atoms with Crippen molar-refractivity contribution in [1.29, 1.82) is 0 Å². The first kappa shape index (κ1) is 13.6. The Hall–Kier alpha value is -2.40. The lowest BCUT2D eigenvalue weighted by Gasteiger charge is -1.98. The largest absolute Gasteiger partial charge is 0.462 e. The van der Waals surface area contributed by atoms with Gasteiger partial charge in [-0.1, -0.05) is 42.0 Å². The van der Waals surface area contributed by atoms with Crippen LogP contribution in [0, 0.1) is 6.92 Å². The second kappa shape index (κ2) is 5.18. The molecule has 0 N–H and O–H groups in total. The molecule has 0 spiro atoms. The van der Waals surface area contributed by atoms with E-state index in [-0.39, 0.29) is 4.90 Å². The molecular formula is C16H13NO3S. The molecule has 0 aliphatic rings. The summed E-state index contributed by atoms with van der Waals surface area (Å²) in [6.07, 6.45) is 2.83. The van der Waals surface area contributed by atoms with Crippen LogP contribution in [0.5, 0.6) is 0 Å². The second-order valence-electron chi connectivity index (χ2n) is 4.71. The fourth-order valence-corrected chi connectivity index (χ4v) is 2.84. The predicted molar refractivity (Wildman–Crippen MR) is 82.2 cm³/mol. The highest BCUT2D eigenvalue weighted by molar-refractivity contribution is 7.90. The lowest BCUT2D eigenvalue weighted by Crippen LogP contribution is -1.97. The zero-order valence-electron chi connectivity index (χ0n) is 11.4. The Morgan fingerprint density at radius 1 is 1.05 bits per heavy atom. The molecule has 0 atom stereocenters. The van der Waals surface area contributed by atoms with Gasteiger partial charge >= 0.3 is 0 Å². The summed E-state index contributed by atoms with van der Waals surface area (Å²) < 4.78 is 33.3. The highest BCUT2D eigenvalue weighted by Gasteiger charge is 2.12. The summed E-state index contributed by atoms with van der Waals surface area (Å²) in [7, 11) is -3.71. The quantitative estimate of drug-likeness (QED) is 0.695. The number of furan rings is 1. The minimum atomic E-state index is -3.71. The van der Waals surface area contributed by atoms with Gasteiger partial charge in [0.25, 0.3) is 10.0 Å². The van der Waals surface area contributed by atoms with Crippen molar-refractivity contribution < 1.29 is 12.8 Å². The molecule has 0 aliphatic carbocycles. The first-order chi connectivity index (χ1) is 10.1. The molecule has 2 aromatic carbocycles. The van der Waals surface area contributed by atoms with Crippen LogP contribution in [-0.4, -0.2) is 14.6 Å². The maximum Gasteiger partial charge on any atom is 0.282 e. The normalized spacial score (nSPS) is 12.2. The summed E-state index contributed by atoms with van der Waals surface area (Å²) in [6, 6.07) is 14.1. The van der Waals surface area contributed by atoms with Gasteiger partial charge in [0.2, 0.25) is 0 Å². The first-order valence-electron chi connectivity index (χ1n) is 6.39. The van der Waals surface area contributed by atoms with E-state index in [1.165, 1.54) is 6.21 Å². The summed E-state index contributed by atoms with van der Waals surface area (Å²) in [5.74, 6) is 0.432. The smallest absolute Gasteiger partial charge is 0.282 e. The fourth-order valence-electron chi connectivity index (χ4n) is 2.00. The summed E-state index contributed by atoms with van der Waals surface area (Å²) in [5, 5.41) is 1.74. The number of hydrogen-bond acceptors (Lipinski definition) is 3. The number of nitrogens with zero attached hydrogens (tertiary/aromatic N) is 1. The Morgan fingerprint density at radius 2 is 1.76 bits per heavy atom. The molecule has 0 unspecified atom stereocenters. The topological polar surface area (TPSA) is 59.6 Å². The number of hydrogen-bond donors (Lipinski definition) is 0. The third kappa shape index (κ3) is 2.73. The van der Waals surface area contributed by atoms with E-state index in [0.717, 1.165) is 16.3 Å². The molecule has 0 radical (unpaired) electrons. The van der Waals surface area contributed by atoms with Crippen LogP contribution >= 0.6 is 0 Å².